The van der Waals surface area contributed by atoms with Gasteiger partial charge in [-0.3, -0.25) is 19.7 Å². The first-order valence-electron chi connectivity index (χ1n) is 10.7. The summed E-state index contributed by atoms with van der Waals surface area (Å²) in [5.41, 5.74) is 8.45. The van der Waals surface area contributed by atoms with Gasteiger partial charge < -0.3 is 36.5 Å². The summed E-state index contributed by atoms with van der Waals surface area (Å²) < 4.78 is 28.5. The summed E-state index contributed by atoms with van der Waals surface area (Å²) >= 11 is 0. The van der Waals surface area contributed by atoms with Gasteiger partial charge in [0.25, 0.3) is 11.6 Å². The van der Waals surface area contributed by atoms with Crippen molar-refractivity contribution in [3.05, 3.63) is 63.2 Å². The number of carbonyl (C=O) groups excluding carboxylic acids is 2. The maximum absolute atomic E-state index is 14.2. The first kappa shape index (κ1) is 28.8. The van der Waals surface area contributed by atoms with Gasteiger partial charge in [0.1, 0.15) is 11.6 Å². The molecule has 12 nitrogen and oxygen atoms in total. The van der Waals surface area contributed by atoms with Crippen molar-refractivity contribution in [2.75, 3.05) is 6.54 Å². The monoisotopic (exact) mass is 508 g/mol. The zero-order valence-corrected chi connectivity index (χ0v) is 18.9. The molecular formula is C20H24B2F2N4O8. The molecule has 0 aliphatic heterocycles. The number of rotatable bonds is 12. The quantitative estimate of drug-likeness (QED) is 0.0798. The normalized spacial score (nSPS) is 11.6. The summed E-state index contributed by atoms with van der Waals surface area (Å²) in [7, 11) is -4.51. The minimum Gasteiger partial charge on any atom is -0.423 e. The van der Waals surface area contributed by atoms with Gasteiger partial charge >= 0.3 is 14.2 Å². The molecule has 8 N–H and O–H groups in total. The van der Waals surface area contributed by atoms with Crippen molar-refractivity contribution in [3.63, 3.8) is 0 Å². The number of nitro groups is 1. The fraction of sp³-hybridized carbons (Fsp3) is 0.300. The van der Waals surface area contributed by atoms with Crippen LogP contribution in [0.4, 0.5) is 14.5 Å². The summed E-state index contributed by atoms with van der Waals surface area (Å²) in [4.78, 5) is 35.9. The molecule has 36 heavy (non-hydrogen) atoms. The van der Waals surface area contributed by atoms with E-state index in [9.17, 15) is 38.5 Å². The van der Waals surface area contributed by atoms with Crippen LogP contribution in [0.1, 0.15) is 35.2 Å². The third kappa shape index (κ3) is 7.53. The number of halogens is 2. The van der Waals surface area contributed by atoms with E-state index in [0.717, 1.165) is 35.2 Å². The van der Waals surface area contributed by atoms with Gasteiger partial charge in [0.05, 0.1) is 16.4 Å². The minimum absolute atomic E-state index is 0.0440. The van der Waals surface area contributed by atoms with E-state index < -0.39 is 66.3 Å². The van der Waals surface area contributed by atoms with E-state index in [-0.39, 0.29) is 36.0 Å². The lowest BCUT2D eigenvalue weighted by Gasteiger charge is -2.24. The van der Waals surface area contributed by atoms with E-state index in [2.05, 4.69) is 0 Å². The topological polar surface area (TPSA) is 213 Å². The summed E-state index contributed by atoms with van der Waals surface area (Å²) in [6.45, 7) is -0.437. The standard InChI is InChI=1S/C20H24B2F2N4O8/c23-15-5-11(6-16(24)18(15)22(33)34)10-27(4-2-1-3-17(25)19(26)29)20(30)12-7-13(21(31)32)9-14(8-12)28(35)36/h5-9,17,31-34H,1-4,10,25H2,(H2,26,29)/t17-/m0/s1. The Labute approximate surface area is 204 Å². The summed E-state index contributed by atoms with van der Waals surface area (Å²) in [5, 5.41) is 48.4. The zero-order chi connectivity index (χ0) is 27.2. The first-order valence-corrected chi connectivity index (χ1v) is 10.7. The molecule has 0 saturated carbocycles. The summed E-state index contributed by atoms with van der Waals surface area (Å²) in [6.07, 6.45) is 0.790. The maximum Gasteiger partial charge on any atom is 0.494 e. The Bertz CT molecular complexity index is 1120. The van der Waals surface area contributed by atoms with Crippen molar-refractivity contribution in [3.8, 4) is 0 Å². The van der Waals surface area contributed by atoms with E-state index in [1.165, 1.54) is 0 Å². The van der Waals surface area contributed by atoms with Crippen molar-refractivity contribution in [2.24, 2.45) is 11.5 Å². The highest BCUT2D eigenvalue weighted by molar-refractivity contribution is 6.59. The van der Waals surface area contributed by atoms with Gasteiger partial charge in [-0.25, -0.2) is 8.78 Å². The van der Waals surface area contributed by atoms with Crippen molar-refractivity contribution >= 4 is 42.7 Å². The molecular weight excluding hydrogens is 484 g/mol. The number of unbranched alkanes of at least 4 members (excludes halogenated alkanes) is 1. The second kappa shape index (κ2) is 12.5. The largest absolute Gasteiger partial charge is 0.494 e. The Balaban J connectivity index is 2.39. The van der Waals surface area contributed by atoms with Crippen LogP contribution in [0, 0.1) is 21.7 Å². The van der Waals surface area contributed by atoms with E-state index >= 15 is 0 Å². The lowest BCUT2D eigenvalue weighted by atomic mass is 9.79. The molecule has 2 rings (SSSR count). The predicted molar refractivity (Wildman–Crippen MR) is 125 cm³/mol. The number of hydrogen-bond acceptors (Lipinski definition) is 9. The molecule has 0 aliphatic rings. The van der Waals surface area contributed by atoms with Crippen LogP contribution in [0.5, 0.6) is 0 Å². The van der Waals surface area contributed by atoms with E-state index in [0.29, 0.717) is 6.42 Å². The van der Waals surface area contributed by atoms with Gasteiger partial charge in [0.2, 0.25) is 5.91 Å². The molecule has 0 radical (unpaired) electrons. The second-order valence-corrected chi connectivity index (χ2v) is 8.02. The fourth-order valence-electron chi connectivity index (χ4n) is 3.45. The minimum atomic E-state index is -2.40. The average Bonchev–Trinajstić information content (AvgIpc) is 2.79. The zero-order valence-electron chi connectivity index (χ0n) is 18.9. The van der Waals surface area contributed by atoms with Crippen LogP contribution in [0.25, 0.3) is 0 Å². The van der Waals surface area contributed by atoms with Gasteiger partial charge in [-0.2, -0.15) is 0 Å². The number of primary amides is 1. The second-order valence-electron chi connectivity index (χ2n) is 8.02. The lowest BCUT2D eigenvalue weighted by molar-refractivity contribution is -0.384. The molecule has 0 bridgehead atoms. The van der Waals surface area contributed by atoms with Crippen LogP contribution in [0.3, 0.4) is 0 Å². The maximum atomic E-state index is 14.2. The van der Waals surface area contributed by atoms with E-state index in [1.54, 1.807) is 0 Å². The highest BCUT2D eigenvalue weighted by atomic mass is 19.1. The average molecular weight is 508 g/mol. The first-order chi connectivity index (χ1) is 16.8. The Kier molecular flexibility index (Phi) is 10.0. The molecule has 0 aliphatic carbocycles. The van der Waals surface area contributed by atoms with E-state index in [1.807, 2.05) is 0 Å². The van der Waals surface area contributed by atoms with Crippen LogP contribution < -0.4 is 22.4 Å². The molecule has 0 saturated heterocycles. The predicted octanol–water partition coefficient (Wildman–Crippen LogP) is -2.14. The molecule has 0 spiro atoms. The Morgan fingerprint density at radius 2 is 1.64 bits per heavy atom. The fourth-order valence-corrected chi connectivity index (χ4v) is 3.45. The molecule has 0 aromatic heterocycles. The van der Waals surface area contributed by atoms with Crippen LogP contribution >= 0.6 is 0 Å². The van der Waals surface area contributed by atoms with Crippen molar-refractivity contribution in [1.82, 2.24) is 4.90 Å². The van der Waals surface area contributed by atoms with Crippen LogP contribution in [0.2, 0.25) is 0 Å². The van der Waals surface area contributed by atoms with Crippen LogP contribution in [-0.4, -0.2) is 68.6 Å². The van der Waals surface area contributed by atoms with Crippen molar-refractivity contribution in [1.29, 1.82) is 0 Å². The molecule has 0 fully saturated rings. The number of hydrogen-bond donors (Lipinski definition) is 6. The van der Waals surface area contributed by atoms with Gasteiger partial charge in [-0.1, -0.05) is 0 Å². The van der Waals surface area contributed by atoms with Gasteiger partial charge in [-0.05, 0) is 48.5 Å². The van der Waals surface area contributed by atoms with E-state index in [4.69, 9.17) is 21.5 Å². The number of benzene rings is 2. The molecule has 0 heterocycles. The third-order valence-electron chi connectivity index (χ3n) is 5.31. The summed E-state index contributed by atoms with van der Waals surface area (Å²) in [6, 6.07) is 3.51. The third-order valence-corrected chi connectivity index (χ3v) is 5.31. The highest BCUT2D eigenvalue weighted by Gasteiger charge is 2.26. The molecule has 2 amide bonds. The Hall–Kier alpha value is -3.43. The van der Waals surface area contributed by atoms with Crippen molar-refractivity contribution in [2.45, 2.75) is 31.8 Å². The smallest absolute Gasteiger partial charge is 0.423 e. The molecule has 0 unspecified atom stereocenters. The Morgan fingerprint density at radius 1 is 1.03 bits per heavy atom. The number of amides is 2. The molecule has 2 aromatic carbocycles. The van der Waals surface area contributed by atoms with Gasteiger partial charge in [-0.15, -0.1) is 0 Å². The SMILES string of the molecule is NC(=O)[C@@H](N)CCCCN(Cc1cc(F)c(B(O)O)c(F)c1)C(=O)c1cc(B(O)O)cc([N+](=O)[O-])c1. The molecule has 192 valence electrons. The Morgan fingerprint density at radius 3 is 2.14 bits per heavy atom. The number of non-ortho nitro benzene ring substituents is 1. The van der Waals surface area contributed by atoms with Crippen molar-refractivity contribution < 1.29 is 43.4 Å². The van der Waals surface area contributed by atoms with Crippen LogP contribution in [0.15, 0.2) is 30.3 Å². The molecule has 16 heteroatoms. The number of nitro benzene ring substituents is 1. The van der Waals surface area contributed by atoms with Gasteiger partial charge in [0.15, 0.2) is 0 Å². The van der Waals surface area contributed by atoms with Gasteiger partial charge in [0, 0.05) is 30.8 Å². The summed E-state index contributed by atoms with van der Waals surface area (Å²) in [5.74, 6) is -4.07. The molecule has 1 atom stereocenters. The number of nitrogens with zero attached hydrogens (tertiary/aromatic N) is 2. The lowest BCUT2D eigenvalue weighted by Crippen LogP contribution is -2.37. The van der Waals surface area contributed by atoms with Crippen LogP contribution in [-0.2, 0) is 11.3 Å². The number of carbonyl (C=O) groups is 2. The molecule has 2 aromatic rings. The number of nitrogens with two attached hydrogens (primary N) is 2. The highest BCUT2D eigenvalue weighted by Crippen LogP contribution is 2.18.